The van der Waals surface area contributed by atoms with Crippen molar-refractivity contribution in [3.8, 4) is 0 Å². The van der Waals surface area contributed by atoms with E-state index in [0.717, 1.165) is 28.4 Å². The molecule has 23 heavy (non-hydrogen) atoms. The van der Waals surface area contributed by atoms with Crippen LogP contribution in [0.5, 0.6) is 0 Å². The van der Waals surface area contributed by atoms with Crippen LogP contribution in [0.3, 0.4) is 0 Å². The third kappa shape index (κ3) is 3.24. The molecule has 0 amide bonds. The predicted octanol–water partition coefficient (Wildman–Crippen LogP) is 3.34. The van der Waals surface area contributed by atoms with Gasteiger partial charge in [-0.05, 0) is 29.5 Å². The molecule has 0 N–H and O–H groups in total. The molecule has 0 unspecified atom stereocenters. The van der Waals surface area contributed by atoms with Crippen molar-refractivity contribution in [1.82, 2.24) is 9.55 Å². The number of carbonyl (C=O) groups excluding carboxylic acids is 1. The van der Waals surface area contributed by atoms with Crippen molar-refractivity contribution in [3.63, 3.8) is 0 Å². The fourth-order valence-electron chi connectivity index (χ4n) is 2.25. The van der Waals surface area contributed by atoms with Crippen LogP contribution in [-0.2, 0) is 18.3 Å². The van der Waals surface area contributed by atoms with E-state index in [0.29, 0.717) is 5.16 Å². The van der Waals surface area contributed by atoms with Crippen molar-refractivity contribution < 1.29 is 9.72 Å². The largest absolute Gasteiger partial charge is 0.322 e. The highest BCUT2D eigenvalue weighted by molar-refractivity contribution is 8.13. The second-order valence-corrected chi connectivity index (χ2v) is 6.04. The Morgan fingerprint density at radius 3 is 2.57 bits per heavy atom. The second kappa shape index (κ2) is 6.21. The van der Waals surface area contributed by atoms with Gasteiger partial charge in [-0.25, -0.2) is 4.98 Å². The minimum atomic E-state index is -0.459. The normalized spacial score (nSPS) is 10.8. The highest BCUT2D eigenvalue weighted by Crippen LogP contribution is 2.24. The van der Waals surface area contributed by atoms with Crippen LogP contribution in [0.2, 0.25) is 0 Å². The first kappa shape index (κ1) is 15.2. The number of benzene rings is 2. The summed E-state index contributed by atoms with van der Waals surface area (Å²) in [6.07, 6.45) is 0.200. The summed E-state index contributed by atoms with van der Waals surface area (Å²) in [6, 6.07) is 13.7. The summed E-state index contributed by atoms with van der Waals surface area (Å²) in [5.41, 5.74) is 2.58. The zero-order chi connectivity index (χ0) is 16.4. The Morgan fingerprint density at radius 1 is 1.22 bits per heavy atom. The number of nitrogens with zero attached hydrogens (tertiary/aromatic N) is 3. The number of non-ortho nitro benzene ring substituents is 1. The van der Waals surface area contributed by atoms with E-state index in [-0.39, 0.29) is 17.2 Å². The van der Waals surface area contributed by atoms with Gasteiger partial charge in [-0.15, -0.1) is 0 Å². The number of carbonyl (C=O) groups is 1. The number of imidazole rings is 1. The molecule has 7 heteroatoms. The molecule has 2 aromatic carbocycles. The Kier molecular flexibility index (Phi) is 4.12. The van der Waals surface area contributed by atoms with Crippen molar-refractivity contribution >= 4 is 33.6 Å². The Morgan fingerprint density at radius 2 is 1.91 bits per heavy atom. The van der Waals surface area contributed by atoms with E-state index in [1.165, 1.54) is 12.1 Å². The Bertz CT molecular complexity index is 887. The summed E-state index contributed by atoms with van der Waals surface area (Å²) in [4.78, 5) is 26.8. The first-order valence-electron chi connectivity index (χ1n) is 6.90. The summed E-state index contributed by atoms with van der Waals surface area (Å²) in [6.45, 7) is 0. The lowest BCUT2D eigenvalue weighted by molar-refractivity contribution is -0.384. The van der Waals surface area contributed by atoms with Gasteiger partial charge in [0.25, 0.3) is 5.69 Å². The average molecular weight is 327 g/mol. The highest BCUT2D eigenvalue weighted by atomic mass is 32.2. The first-order chi connectivity index (χ1) is 11.0. The molecule has 0 aliphatic rings. The zero-order valence-electron chi connectivity index (χ0n) is 12.3. The molecule has 0 bridgehead atoms. The minimum Gasteiger partial charge on any atom is -0.322 e. The van der Waals surface area contributed by atoms with Crippen LogP contribution in [0, 0.1) is 10.1 Å². The van der Waals surface area contributed by atoms with Gasteiger partial charge < -0.3 is 4.57 Å². The van der Waals surface area contributed by atoms with Gasteiger partial charge in [-0.2, -0.15) is 0 Å². The average Bonchev–Trinajstić information content (AvgIpc) is 2.84. The molecule has 0 saturated heterocycles. The monoisotopic (exact) mass is 327 g/mol. The van der Waals surface area contributed by atoms with E-state index in [2.05, 4.69) is 4.98 Å². The molecule has 1 heterocycles. The third-order valence-corrected chi connectivity index (χ3v) is 4.37. The molecule has 0 spiro atoms. The maximum atomic E-state index is 12.2. The van der Waals surface area contributed by atoms with E-state index < -0.39 is 4.92 Å². The summed E-state index contributed by atoms with van der Waals surface area (Å²) >= 11 is 1.08. The molecule has 3 aromatic rings. The van der Waals surface area contributed by atoms with Gasteiger partial charge in [-0.1, -0.05) is 24.3 Å². The van der Waals surface area contributed by atoms with Crippen LogP contribution >= 0.6 is 11.8 Å². The molecule has 0 fully saturated rings. The fraction of sp³-hybridized carbons (Fsp3) is 0.125. The van der Waals surface area contributed by atoms with Crippen molar-refractivity contribution in [2.75, 3.05) is 0 Å². The summed E-state index contributed by atoms with van der Waals surface area (Å²) in [7, 11) is 1.87. The van der Waals surface area contributed by atoms with E-state index in [1.807, 2.05) is 35.9 Å². The maximum absolute atomic E-state index is 12.2. The Balaban J connectivity index is 1.73. The molecular formula is C16H13N3O3S. The molecule has 0 saturated carbocycles. The van der Waals surface area contributed by atoms with Crippen LogP contribution in [0.15, 0.2) is 53.7 Å². The lowest BCUT2D eigenvalue weighted by atomic mass is 10.1. The number of para-hydroxylation sites is 2. The molecule has 3 rings (SSSR count). The minimum absolute atomic E-state index is 0.0178. The third-order valence-electron chi connectivity index (χ3n) is 3.45. The smallest absolute Gasteiger partial charge is 0.269 e. The van der Waals surface area contributed by atoms with Gasteiger partial charge in [-0.3, -0.25) is 14.9 Å². The molecule has 116 valence electrons. The summed E-state index contributed by atoms with van der Waals surface area (Å²) in [5.74, 6) is 0. The van der Waals surface area contributed by atoms with Crippen LogP contribution in [-0.4, -0.2) is 19.6 Å². The van der Waals surface area contributed by atoms with Crippen LogP contribution in [0.1, 0.15) is 5.56 Å². The predicted molar refractivity (Wildman–Crippen MR) is 88.4 cm³/mol. The number of aryl methyl sites for hydroxylation is 1. The van der Waals surface area contributed by atoms with Crippen molar-refractivity contribution in [2.45, 2.75) is 11.6 Å². The fourth-order valence-corrected chi connectivity index (χ4v) is 3.08. The lowest BCUT2D eigenvalue weighted by Gasteiger charge is -2.02. The molecular weight excluding hydrogens is 314 g/mol. The quantitative estimate of drug-likeness (QED) is 0.417. The van der Waals surface area contributed by atoms with E-state index in [9.17, 15) is 14.9 Å². The topological polar surface area (TPSA) is 78.0 Å². The van der Waals surface area contributed by atoms with Crippen molar-refractivity contribution in [2.24, 2.45) is 7.05 Å². The number of fused-ring (bicyclic) bond motifs is 1. The first-order valence-corrected chi connectivity index (χ1v) is 7.72. The zero-order valence-corrected chi connectivity index (χ0v) is 13.1. The molecule has 0 aliphatic heterocycles. The molecule has 0 atom stereocenters. The number of hydrogen-bond donors (Lipinski definition) is 0. The maximum Gasteiger partial charge on any atom is 0.269 e. The van der Waals surface area contributed by atoms with Crippen molar-refractivity contribution in [1.29, 1.82) is 0 Å². The molecule has 6 nitrogen and oxygen atoms in total. The molecule has 0 radical (unpaired) electrons. The van der Waals surface area contributed by atoms with Gasteiger partial charge in [0, 0.05) is 25.6 Å². The van der Waals surface area contributed by atoms with Crippen LogP contribution < -0.4 is 0 Å². The number of aromatic nitrogens is 2. The van der Waals surface area contributed by atoms with Gasteiger partial charge in [0.05, 0.1) is 16.0 Å². The van der Waals surface area contributed by atoms with Crippen LogP contribution in [0.4, 0.5) is 5.69 Å². The van der Waals surface area contributed by atoms with Gasteiger partial charge in [0.2, 0.25) is 5.12 Å². The molecule has 0 aliphatic carbocycles. The van der Waals surface area contributed by atoms with E-state index >= 15 is 0 Å². The summed E-state index contributed by atoms with van der Waals surface area (Å²) in [5, 5.41) is 11.2. The Hall–Kier alpha value is -2.67. The van der Waals surface area contributed by atoms with E-state index in [4.69, 9.17) is 0 Å². The highest BCUT2D eigenvalue weighted by Gasteiger charge is 2.14. The van der Waals surface area contributed by atoms with E-state index in [1.54, 1.807) is 12.1 Å². The second-order valence-electron chi connectivity index (χ2n) is 5.02. The number of nitro benzene ring substituents is 1. The van der Waals surface area contributed by atoms with Crippen molar-refractivity contribution in [3.05, 3.63) is 64.2 Å². The number of hydrogen-bond acceptors (Lipinski definition) is 5. The lowest BCUT2D eigenvalue weighted by Crippen LogP contribution is -2.00. The number of rotatable bonds is 4. The summed E-state index contributed by atoms with van der Waals surface area (Å²) < 4.78 is 1.88. The SMILES string of the molecule is Cn1c(SC(=O)Cc2ccc([N+](=O)[O-])cc2)nc2ccccc21. The van der Waals surface area contributed by atoms with Gasteiger partial charge >= 0.3 is 0 Å². The van der Waals surface area contributed by atoms with Crippen LogP contribution in [0.25, 0.3) is 11.0 Å². The van der Waals surface area contributed by atoms with Gasteiger partial charge in [0.1, 0.15) is 0 Å². The number of thioether (sulfide) groups is 1. The molecule has 1 aromatic heterocycles. The Labute approximate surface area is 136 Å². The van der Waals surface area contributed by atoms with Gasteiger partial charge in [0.15, 0.2) is 5.16 Å². The number of nitro groups is 1. The standard InChI is InChI=1S/C16H13N3O3S/c1-18-14-5-3-2-4-13(14)17-16(18)23-15(20)10-11-6-8-12(9-7-11)19(21)22/h2-9H,10H2,1H3.